The van der Waals surface area contributed by atoms with Crippen LogP contribution >= 0.6 is 0 Å². The Morgan fingerprint density at radius 3 is 2.26 bits per heavy atom. The quantitative estimate of drug-likeness (QED) is 0.480. The van der Waals surface area contributed by atoms with E-state index in [1.165, 1.54) is 19.2 Å². The number of amides is 2. The molecule has 2 heterocycles. The lowest BCUT2D eigenvalue weighted by Crippen LogP contribution is -2.41. The molecule has 0 aromatic carbocycles. The molecule has 0 atom stereocenters. The fourth-order valence-electron chi connectivity index (χ4n) is 1.45. The molecule has 98 valence electrons. The molecule has 0 aliphatic heterocycles. The van der Waals surface area contributed by atoms with Gasteiger partial charge in [-0.1, -0.05) is 0 Å². The summed E-state index contributed by atoms with van der Waals surface area (Å²) in [6.45, 7) is 1.40. The second-order valence-corrected chi connectivity index (χ2v) is 3.85. The van der Waals surface area contributed by atoms with Crippen molar-refractivity contribution in [3.05, 3.63) is 47.5 Å². The van der Waals surface area contributed by atoms with Gasteiger partial charge in [-0.05, 0) is 25.1 Å². The third-order valence-electron chi connectivity index (χ3n) is 2.47. The van der Waals surface area contributed by atoms with Gasteiger partial charge in [0.25, 0.3) is 11.8 Å². The molecule has 0 saturated heterocycles. The zero-order valence-corrected chi connectivity index (χ0v) is 10.1. The molecule has 19 heavy (non-hydrogen) atoms. The highest BCUT2D eigenvalue weighted by Gasteiger charge is 2.12. The lowest BCUT2D eigenvalue weighted by atomic mass is 10.2. The van der Waals surface area contributed by atoms with Gasteiger partial charge in [0.1, 0.15) is 11.4 Å². The van der Waals surface area contributed by atoms with E-state index in [9.17, 15) is 14.4 Å². The molecule has 0 spiro atoms. The van der Waals surface area contributed by atoms with Crippen LogP contribution in [0.5, 0.6) is 0 Å². The average Bonchev–Trinajstić information content (AvgIpc) is 3.05. The molecule has 0 radical (unpaired) electrons. The van der Waals surface area contributed by atoms with E-state index in [1.54, 1.807) is 18.3 Å². The van der Waals surface area contributed by atoms with E-state index in [0.717, 1.165) is 0 Å². The van der Waals surface area contributed by atoms with Gasteiger partial charge in [0.2, 0.25) is 0 Å². The van der Waals surface area contributed by atoms with E-state index in [1.807, 2.05) is 0 Å². The number of hydrazine groups is 1. The number of carbonyl (C=O) groups is 3. The Morgan fingerprint density at radius 2 is 1.74 bits per heavy atom. The lowest BCUT2D eigenvalue weighted by Gasteiger charge is -2.04. The summed E-state index contributed by atoms with van der Waals surface area (Å²) in [5.41, 5.74) is 5.41. The van der Waals surface area contributed by atoms with Crippen LogP contribution in [0.1, 0.15) is 38.3 Å². The van der Waals surface area contributed by atoms with Crippen molar-refractivity contribution < 1.29 is 14.4 Å². The minimum Gasteiger partial charge on any atom is -0.357 e. The van der Waals surface area contributed by atoms with Crippen molar-refractivity contribution in [2.75, 3.05) is 0 Å². The van der Waals surface area contributed by atoms with Crippen molar-refractivity contribution in [1.82, 2.24) is 20.8 Å². The number of aromatic nitrogens is 2. The maximum Gasteiger partial charge on any atom is 0.286 e. The Labute approximate surface area is 108 Å². The fraction of sp³-hybridized carbons (Fsp3) is 0.0833. The number of H-pyrrole nitrogens is 2. The predicted molar refractivity (Wildman–Crippen MR) is 66.5 cm³/mol. The van der Waals surface area contributed by atoms with Gasteiger partial charge < -0.3 is 9.97 Å². The molecule has 0 unspecified atom stereocenters. The van der Waals surface area contributed by atoms with Crippen LogP contribution in [0.4, 0.5) is 0 Å². The molecular weight excluding hydrogens is 248 g/mol. The first-order chi connectivity index (χ1) is 9.08. The molecule has 0 bridgehead atoms. The number of aromatic amines is 2. The maximum absolute atomic E-state index is 11.7. The van der Waals surface area contributed by atoms with Gasteiger partial charge in [-0.2, -0.15) is 0 Å². The van der Waals surface area contributed by atoms with E-state index in [-0.39, 0.29) is 11.5 Å². The standard InChI is InChI=1S/C12H12N4O3/c1-7(17)8-5-10(14-6-8)12(19)16-15-11(18)9-3-2-4-13-9/h2-6,13-14H,1H3,(H,15,18)(H,16,19). The summed E-state index contributed by atoms with van der Waals surface area (Å²) in [6, 6.07) is 4.66. The Morgan fingerprint density at radius 1 is 1.05 bits per heavy atom. The Bertz CT molecular complexity index is 613. The summed E-state index contributed by atoms with van der Waals surface area (Å²) in [5, 5.41) is 0. The lowest BCUT2D eigenvalue weighted by molar-refractivity contribution is 0.0842. The van der Waals surface area contributed by atoms with Crippen molar-refractivity contribution in [2.24, 2.45) is 0 Å². The topological polar surface area (TPSA) is 107 Å². The third-order valence-corrected chi connectivity index (χ3v) is 2.47. The summed E-state index contributed by atoms with van der Waals surface area (Å²) >= 11 is 0. The number of carbonyl (C=O) groups excluding carboxylic acids is 3. The highest BCUT2D eigenvalue weighted by atomic mass is 16.2. The molecule has 0 saturated carbocycles. The summed E-state index contributed by atoms with van der Waals surface area (Å²) in [5.74, 6) is -1.14. The monoisotopic (exact) mass is 260 g/mol. The van der Waals surface area contributed by atoms with Crippen molar-refractivity contribution in [3.8, 4) is 0 Å². The smallest absolute Gasteiger partial charge is 0.286 e. The largest absolute Gasteiger partial charge is 0.357 e. The number of hydrogen-bond donors (Lipinski definition) is 4. The zero-order valence-electron chi connectivity index (χ0n) is 10.1. The Balaban J connectivity index is 1.94. The maximum atomic E-state index is 11.7. The van der Waals surface area contributed by atoms with E-state index >= 15 is 0 Å². The van der Waals surface area contributed by atoms with Crippen LogP contribution < -0.4 is 10.9 Å². The van der Waals surface area contributed by atoms with Gasteiger partial charge in [0, 0.05) is 18.0 Å². The summed E-state index contributed by atoms with van der Waals surface area (Å²) in [7, 11) is 0. The normalized spacial score (nSPS) is 9.95. The van der Waals surface area contributed by atoms with Crippen LogP contribution in [0.15, 0.2) is 30.6 Å². The van der Waals surface area contributed by atoms with Crippen LogP contribution in [-0.4, -0.2) is 27.6 Å². The number of Topliss-reactive ketones (excluding diaryl/α,β-unsaturated/α-hetero) is 1. The molecule has 2 aromatic heterocycles. The SMILES string of the molecule is CC(=O)c1c[nH]c(C(=O)NNC(=O)c2ccc[nH]2)c1. The fourth-order valence-corrected chi connectivity index (χ4v) is 1.45. The molecule has 0 aliphatic rings. The van der Waals surface area contributed by atoms with E-state index < -0.39 is 11.8 Å². The predicted octanol–water partition coefficient (Wildman–Crippen LogP) is 0.620. The first-order valence-electron chi connectivity index (χ1n) is 5.51. The van der Waals surface area contributed by atoms with Crippen LogP contribution in [0.2, 0.25) is 0 Å². The minimum absolute atomic E-state index is 0.147. The summed E-state index contributed by atoms with van der Waals surface area (Å²) in [4.78, 5) is 39.6. The first-order valence-corrected chi connectivity index (χ1v) is 5.51. The average molecular weight is 260 g/mol. The van der Waals surface area contributed by atoms with Crippen LogP contribution in [-0.2, 0) is 0 Å². The highest BCUT2D eigenvalue weighted by Crippen LogP contribution is 2.03. The zero-order chi connectivity index (χ0) is 13.8. The molecule has 0 fully saturated rings. The van der Waals surface area contributed by atoms with Crippen molar-refractivity contribution in [1.29, 1.82) is 0 Å². The number of hydrogen-bond acceptors (Lipinski definition) is 3. The van der Waals surface area contributed by atoms with E-state index in [0.29, 0.717) is 11.3 Å². The Hall–Kier alpha value is -2.83. The van der Waals surface area contributed by atoms with Gasteiger partial charge in [-0.3, -0.25) is 25.2 Å². The second kappa shape index (κ2) is 5.21. The Kier molecular flexibility index (Phi) is 3.46. The number of rotatable bonds is 3. The van der Waals surface area contributed by atoms with E-state index in [4.69, 9.17) is 0 Å². The van der Waals surface area contributed by atoms with Gasteiger partial charge in [0.15, 0.2) is 5.78 Å². The molecule has 4 N–H and O–H groups in total. The first kappa shape index (κ1) is 12.6. The minimum atomic E-state index is -0.535. The van der Waals surface area contributed by atoms with Gasteiger partial charge in [-0.15, -0.1) is 0 Å². The molecular formula is C12H12N4O3. The second-order valence-electron chi connectivity index (χ2n) is 3.85. The third kappa shape index (κ3) is 2.89. The summed E-state index contributed by atoms with van der Waals surface area (Å²) in [6.07, 6.45) is 3.03. The van der Waals surface area contributed by atoms with Crippen LogP contribution in [0, 0.1) is 0 Å². The summed E-state index contributed by atoms with van der Waals surface area (Å²) < 4.78 is 0. The molecule has 2 amide bonds. The number of ketones is 1. The van der Waals surface area contributed by atoms with Crippen molar-refractivity contribution in [3.63, 3.8) is 0 Å². The van der Waals surface area contributed by atoms with Gasteiger partial charge in [0.05, 0.1) is 0 Å². The molecule has 7 heteroatoms. The van der Waals surface area contributed by atoms with Gasteiger partial charge in [-0.25, -0.2) is 0 Å². The van der Waals surface area contributed by atoms with Crippen molar-refractivity contribution in [2.45, 2.75) is 6.92 Å². The van der Waals surface area contributed by atoms with E-state index in [2.05, 4.69) is 20.8 Å². The molecule has 2 aromatic rings. The molecule has 7 nitrogen and oxygen atoms in total. The highest BCUT2D eigenvalue weighted by molar-refractivity contribution is 6.00. The van der Waals surface area contributed by atoms with Crippen LogP contribution in [0.3, 0.4) is 0 Å². The molecule has 2 rings (SSSR count). The van der Waals surface area contributed by atoms with Gasteiger partial charge >= 0.3 is 0 Å². The number of nitrogens with one attached hydrogen (secondary N) is 4. The van der Waals surface area contributed by atoms with Crippen LogP contribution in [0.25, 0.3) is 0 Å². The van der Waals surface area contributed by atoms with Crippen molar-refractivity contribution >= 4 is 17.6 Å². The molecule has 0 aliphatic carbocycles.